The fourth-order valence-corrected chi connectivity index (χ4v) is 2.96. The number of ether oxygens (including phenoxy) is 1. The zero-order valence-corrected chi connectivity index (χ0v) is 16.0. The normalized spacial score (nSPS) is 19.1. The zero-order chi connectivity index (χ0) is 19.8. The van der Waals surface area contributed by atoms with Crippen molar-refractivity contribution in [3.8, 4) is 5.88 Å². The highest BCUT2D eigenvalue weighted by atomic mass is 19.3. The number of anilines is 1. The van der Waals surface area contributed by atoms with Crippen molar-refractivity contribution in [3.63, 3.8) is 0 Å². The largest absolute Gasteiger partial charge is 0.480 e. The van der Waals surface area contributed by atoms with Gasteiger partial charge in [-0.05, 0) is 51.7 Å². The maximum atomic E-state index is 13.3. The summed E-state index contributed by atoms with van der Waals surface area (Å²) in [7, 11) is 0. The summed E-state index contributed by atoms with van der Waals surface area (Å²) in [5.74, 6) is -2.70. The van der Waals surface area contributed by atoms with Crippen LogP contribution in [-0.2, 0) is 11.3 Å². The summed E-state index contributed by atoms with van der Waals surface area (Å²) >= 11 is 0. The quantitative estimate of drug-likeness (QED) is 0.744. The number of nitrogens with zero attached hydrogens (tertiary/aromatic N) is 3. The van der Waals surface area contributed by atoms with Gasteiger partial charge in [-0.15, -0.1) is 0 Å². The molecule has 150 valence electrons. The molecule has 1 aliphatic heterocycles. The fraction of sp³-hybridized carbons (Fsp3) is 0.684. The van der Waals surface area contributed by atoms with Crippen LogP contribution in [0.4, 0.5) is 14.5 Å². The smallest absolute Gasteiger partial charge is 0.317 e. The lowest BCUT2D eigenvalue weighted by Crippen LogP contribution is -2.56. The summed E-state index contributed by atoms with van der Waals surface area (Å²) in [6.07, 6.45) is 2.24. The van der Waals surface area contributed by atoms with Crippen LogP contribution in [0.5, 0.6) is 5.88 Å². The van der Waals surface area contributed by atoms with E-state index in [-0.39, 0.29) is 25.2 Å². The van der Waals surface area contributed by atoms with E-state index in [2.05, 4.69) is 4.98 Å². The Bertz CT molecular complexity index is 694. The van der Waals surface area contributed by atoms with Crippen LogP contribution in [0.1, 0.15) is 39.3 Å². The minimum Gasteiger partial charge on any atom is -0.480 e. The van der Waals surface area contributed by atoms with E-state index < -0.39 is 11.9 Å². The van der Waals surface area contributed by atoms with Gasteiger partial charge in [0.1, 0.15) is 5.69 Å². The van der Waals surface area contributed by atoms with E-state index in [1.165, 1.54) is 0 Å². The molecule has 1 aromatic rings. The van der Waals surface area contributed by atoms with Crippen molar-refractivity contribution < 1.29 is 23.4 Å². The van der Waals surface area contributed by atoms with E-state index in [1.807, 2.05) is 20.8 Å². The maximum Gasteiger partial charge on any atom is 0.317 e. The summed E-state index contributed by atoms with van der Waals surface area (Å²) in [6, 6.07) is 3.51. The van der Waals surface area contributed by atoms with Gasteiger partial charge in [-0.2, -0.15) is 0 Å². The van der Waals surface area contributed by atoms with Gasteiger partial charge in [0.05, 0.1) is 31.9 Å². The lowest BCUT2D eigenvalue weighted by molar-refractivity contribution is -0.139. The Balaban J connectivity index is 1.78. The number of pyridine rings is 1. The number of hydrogen-bond donors (Lipinski definition) is 1. The zero-order valence-electron chi connectivity index (χ0n) is 16.0. The van der Waals surface area contributed by atoms with Crippen molar-refractivity contribution in [2.45, 2.75) is 51.6 Å². The first-order valence-corrected chi connectivity index (χ1v) is 9.26. The van der Waals surface area contributed by atoms with Crippen LogP contribution < -0.4 is 9.64 Å². The summed E-state index contributed by atoms with van der Waals surface area (Å²) < 4.78 is 32.4. The van der Waals surface area contributed by atoms with Gasteiger partial charge in [-0.25, -0.2) is 13.8 Å². The summed E-state index contributed by atoms with van der Waals surface area (Å²) in [4.78, 5) is 19.1. The molecule has 0 amide bonds. The Hall–Kier alpha value is -1.96. The second kappa shape index (κ2) is 7.22. The fourth-order valence-electron chi connectivity index (χ4n) is 2.96. The van der Waals surface area contributed by atoms with E-state index in [1.54, 1.807) is 21.9 Å². The van der Waals surface area contributed by atoms with Crippen LogP contribution in [0, 0.1) is 5.92 Å². The molecule has 0 atom stereocenters. The molecule has 1 N–H and O–H groups in total. The first-order chi connectivity index (χ1) is 12.5. The van der Waals surface area contributed by atoms with Gasteiger partial charge in [0, 0.05) is 12.1 Å². The van der Waals surface area contributed by atoms with Crippen molar-refractivity contribution in [2.24, 2.45) is 5.92 Å². The molecule has 1 saturated heterocycles. The molecular formula is C19H27F2N3O3. The summed E-state index contributed by atoms with van der Waals surface area (Å²) in [6.45, 7) is 5.92. The summed E-state index contributed by atoms with van der Waals surface area (Å²) in [5, 5.41) is 9.17. The molecule has 1 saturated carbocycles. The standard InChI is InChI=1S/C19H27F2N3O3/c1-18(2,3)24(9-16(25)26)8-14-6-7-15(23-11-19(20,21)12-23)17(22-14)27-10-13-4-5-13/h6-7,13H,4-5,8-12H2,1-3H3,(H,25,26). The highest BCUT2D eigenvalue weighted by Gasteiger charge is 2.45. The van der Waals surface area contributed by atoms with Gasteiger partial charge in [-0.3, -0.25) is 9.69 Å². The third kappa shape index (κ3) is 5.28. The van der Waals surface area contributed by atoms with E-state index in [9.17, 15) is 18.7 Å². The van der Waals surface area contributed by atoms with Crippen molar-refractivity contribution in [1.82, 2.24) is 9.88 Å². The van der Waals surface area contributed by atoms with Crippen molar-refractivity contribution in [1.29, 1.82) is 0 Å². The minimum absolute atomic E-state index is 0.108. The van der Waals surface area contributed by atoms with Gasteiger partial charge in [0.2, 0.25) is 5.88 Å². The van der Waals surface area contributed by atoms with Crippen LogP contribution in [0.15, 0.2) is 12.1 Å². The molecule has 8 heteroatoms. The predicted octanol–water partition coefficient (Wildman–Crippen LogP) is 3.01. The predicted molar refractivity (Wildman–Crippen MR) is 97.4 cm³/mol. The van der Waals surface area contributed by atoms with Crippen molar-refractivity contribution in [3.05, 3.63) is 17.8 Å². The van der Waals surface area contributed by atoms with Gasteiger partial charge in [0.15, 0.2) is 0 Å². The number of rotatable bonds is 8. The SMILES string of the molecule is CC(C)(C)N(CC(=O)O)Cc1ccc(N2CC(F)(F)C2)c(OCC2CC2)n1. The Kier molecular flexibility index (Phi) is 5.29. The Labute approximate surface area is 158 Å². The molecule has 3 rings (SSSR count). The average Bonchev–Trinajstić information content (AvgIpc) is 3.33. The van der Waals surface area contributed by atoms with E-state index in [4.69, 9.17) is 4.74 Å². The molecule has 1 aliphatic carbocycles. The first-order valence-electron chi connectivity index (χ1n) is 9.26. The maximum absolute atomic E-state index is 13.3. The molecule has 27 heavy (non-hydrogen) atoms. The molecule has 0 unspecified atom stereocenters. The lowest BCUT2D eigenvalue weighted by Gasteiger charge is -2.40. The Morgan fingerprint density at radius 3 is 2.56 bits per heavy atom. The first kappa shape index (κ1) is 19.8. The molecule has 6 nitrogen and oxygen atoms in total. The highest BCUT2D eigenvalue weighted by molar-refractivity contribution is 5.69. The van der Waals surface area contributed by atoms with Gasteiger partial charge in [0.25, 0.3) is 5.92 Å². The number of hydrogen-bond acceptors (Lipinski definition) is 5. The second-order valence-electron chi connectivity index (χ2n) is 8.51. The van der Waals surface area contributed by atoms with E-state index >= 15 is 0 Å². The van der Waals surface area contributed by atoms with Gasteiger partial charge < -0.3 is 14.7 Å². The van der Waals surface area contributed by atoms with E-state index in [0.29, 0.717) is 36.3 Å². The van der Waals surface area contributed by atoms with Gasteiger partial charge >= 0.3 is 5.97 Å². The van der Waals surface area contributed by atoms with Crippen molar-refractivity contribution >= 4 is 11.7 Å². The molecule has 1 aromatic heterocycles. The number of carboxylic acids is 1. The Morgan fingerprint density at radius 2 is 2.04 bits per heavy atom. The van der Waals surface area contributed by atoms with Crippen LogP contribution in [0.2, 0.25) is 0 Å². The number of halogens is 2. The molecule has 0 aromatic carbocycles. The topological polar surface area (TPSA) is 65.9 Å². The summed E-state index contributed by atoms with van der Waals surface area (Å²) in [5.41, 5.74) is 0.881. The number of carbonyl (C=O) groups is 1. The number of aromatic nitrogens is 1. The Morgan fingerprint density at radius 1 is 1.37 bits per heavy atom. The molecule has 2 fully saturated rings. The molecule has 0 radical (unpaired) electrons. The van der Waals surface area contributed by atoms with E-state index in [0.717, 1.165) is 12.8 Å². The molecular weight excluding hydrogens is 356 g/mol. The van der Waals surface area contributed by atoms with Crippen molar-refractivity contribution in [2.75, 3.05) is 31.1 Å². The third-order valence-corrected chi connectivity index (χ3v) is 4.86. The molecule has 0 spiro atoms. The monoisotopic (exact) mass is 383 g/mol. The highest BCUT2D eigenvalue weighted by Crippen LogP contribution is 2.38. The van der Waals surface area contributed by atoms with Gasteiger partial charge in [-0.1, -0.05) is 0 Å². The average molecular weight is 383 g/mol. The third-order valence-electron chi connectivity index (χ3n) is 4.86. The molecule has 2 heterocycles. The van der Waals surface area contributed by atoms with Crippen LogP contribution in [0.25, 0.3) is 0 Å². The number of alkyl halides is 2. The molecule has 0 bridgehead atoms. The van der Waals surface area contributed by atoms with Crippen LogP contribution in [-0.4, -0.2) is 58.7 Å². The minimum atomic E-state index is -2.67. The molecule has 2 aliphatic rings. The van der Waals surface area contributed by atoms with Crippen LogP contribution >= 0.6 is 0 Å². The second-order valence-corrected chi connectivity index (χ2v) is 8.51. The van der Waals surface area contributed by atoms with Crippen LogP contribution in [0.3, 0.4) is 0 Å². The number of carboxylic acid groups (broad SMARTS) is 1. The number of aliphatic carboxylic acids is 1. The lowest BCUT2D eigenvalue weighted by atomic mass is 10.1.